The standard InChI is InChI=1S/C18H29N3O3/c1-15(24-16-7-4-3-5-8-16)13-21-18(19-2)20-10-6-11-23-17-9-12-22-14-17/h3-5,7-8,15,17H,6,9-14H2,1-2H3,(H2,19,20,21). The molecule has 0 radical (unpaired) electrons. The summed E-state index contributed by atoms with van der Waals surface area (Å²) >= 11 is 0. The van der Waals surface area contributed by atoms with E-state index in [4.69, 9.17) is 14.2 Å². The normalized spacial score (nSPS) is 19.1. The number of ether oxygens (including phenoxy) is 3. The van der Waals surface area contributed by atoms with E-state index in [0.29, 0.717) is 6.54 Å². The van der Waals surface area contributed by atoms with Gasteiger partial charge < -0.3 is 24.8 Å². The molecule has 1 fully saturated rings. The van der Waals surface area contributed by atoms with Crippen LogP contribution in [-0.4, -0.2) is 58.1 Å². The van der Waals surface area contributed by atoms with Crippen molar-refractivity contribution in [2.45, 2.75) is 32.0 Å². The monoisotopic (exact) mass is 335 g/mol. The quantitative estimate of drug-likeness (QED) is 0.409. The molecule has 6 nitrogen and oxygen atoms in total. The maximum Gasteiger partial charge on any atom is 0.191 e. The molecule has 0 amide bonds. The lowest BCUT2D eigenvalue weighted by molar-refractivity contribution is 0.0420. The summed E-state index contributed by atoms with van der Waals surface area (Å²) in [5, 5.41) is 6.56. The van der Waals surface area contributed by atoms with Crippen molar-refractivity contribution < 1.29 is 14.2 Å². The fourth-order valence-electron chi connectivity index (χ4n) is 2.41. The Bertz CT molecular complexity index is 476. The van der Waals surface area contributed by atoms with Crippen LogP contribution in [0.25, 0.3) is 0 Å². The first kappa shape index (κ1) is 18.5. The van der Waals surface area contributed by atoms with Gasteiger partial charge in [-0.05, 0) is 31.9 Å². The second-order valence-electron chi connectivity index (χ2n) is 5.83. The number of nitrogens with one attached hydrogen (secondary N) is 2. The van der Waals surface area contributed by atoms with Gasteiger partial charge in [0, 0.05) is 26.8 Å². The van der Waals surface area contributed by atoms with E-state index in [1.54, 1.807) is 7.05 Å². The Kier molecular flexibility index (Phi) is 8.41. The minimum absolute atomic E-state index is 0.0525. The van der Waals surface area contributed by atoms with Gasteiger partial charge in [-0.15, -0.1) is 0 Å². The summed E-state index contributed by atoms with van der Waals surface area (Å²) in [6, 6.07) is 9.83. The van der Waals surface area contributed by atoms with Crippen LogP contribution in [0.15, 0.2) is 35.3 Å². The molecule has 1 aliphatic heterocycles. The number of guanidine groups is 1. The van der Waals surface area contributed by atoms with Crippen LogP contribution in [-0.2, 0) is 9.47 Å². The van der Waals surface area contributed by atoms with Crippen LogP contribution in [0, 0.1) is 0 Å². The highest BCUT2D eigenvalue weighted by Crippen LogP contribution is 2.10. The number of rotatable bonds is 9. The first-order valence-corrected chi connectivity index (χ1v) is 8.63. The van der Waals surface area contributed by atoms with E-state index in [-0.39, 0.29) is 12.2 Å². The third-order valence-corrected chi connectivity index (χ3v) is 3.72. The zero-order valence-electron chi connectivity index (χ0n) is 14.7. The van der Waals surface area contributed by atoms with Gasteiger partial charge in [-0.3, -0.25) is 4.99 Å². The summed E-state index contributed by atoms with van der Waals surface area (Å²) in [6.45, 7) is 5.83. The number of para-hydroxylation sites is 1. The lowest BCUT2D eigenvalue weighted by atomic mass is 10.3. The summed E-state index contributed by atoms with van der Waals surface area (Å²) in [4.78, 5) is 4.22. The van der Waals surface area contributed by atoms with Gasteiger partial charge in [-0.25, -0.2) is 0 Å². The van der Waals surface area contributed by atoms with Crippen LogP contribution in [0.3, 0.4) is 0 Å². The maximum absolute atomic E-state index is 5.83. The number of hydrogen-bond donors (Lipinski definition) is 2. The molecule has 1 aromatic rings. The molecule has 0 aliphatic carbocycles. The minimum Gasteiger partial charge on any atom is -0.489 e. The molecule has 0 bridgehead atoms. The summed E-state index contributed by atoms with van der Waals surface area (Å²) in [6.07, 6.45) is 2.28. The Labute approximate surface area is 144 Å². The van der Waals surface area contributed by atoms with E-state index in [2.05, 4.69) is 15.6 Å². The number of benzene rings is 1. The largest absolute Gasteiger partial charge is 0.489 e. The highest BCUT2D eigenvalue weighted by atomic mass is 16.5. The molecule has 0 spiro atoms. The lowest BCUT2D eigenvalue weighted by Crippen LogP contribution is -2.42. The van der Waals surface area contributed by atoms with Gasteiger partial charge in [0.05, 0.1) is 19.3 Å². The van der Waals surface area contributed by atoms with E-state index in [1.165, 1.54) is 0 Å². The van der Waals surface area contributed by atoms with Crippen molar-refractivity contribution in [3.05, 3.63) is 30.3 Å². The highest BCUT2D eigenvalue weighted by molar-refractivity contribution is 5.79. The fraction of sp³-hybridized carbons (Fsp3) is 0.611. The maximum atomic E-state index is 5.83. The molecule has 2 unspecified atom stereocenters. The van der Waals surface area contributed by atoms with Crippen LogP contribution >= 0.6 is 0 Å². The average molecular weight is 335 g/mol. The van der Waals surface area contributed by atoms with E-state index < -0.39 is 0 Å². The average Bonchev–Trinajstić information content (AvgIpc) is 3.11. The zero-order chi connectivity index (χ0) is 17.0. The molecular weight excluding hydrogens is 306 g/mol. The topological polar surface area (TPSA) is 64.1 Å². The predicted octanol–water partition coefficient (Wildman–Crippen LogP) is 1.81. The molecule has 1 heterocycles. The number of nitrogens with zero attached hydrogens (tertiary/aromatic N) is 1. The summed E-state index contributed by atoms with van der Waals surface area (Å²) < 4.78 is 16.9. The van der Waals surface area contributed by atoms with Crippen LogP contribution in [0.1, 0.15) is 19.8 Å². The van der Waals surface area contributed by atoms with Gasteiger partial charge in [-0.1, -0.05) is 18.2 Å². The van der Waals surface area contributed by atoms with Crippen LogP contribution in [0.5, 0.6) is 5.75 Å². The first-order chi connectivity index (χ1) is 11.8. The third kappa shape index (κ3) is 7.19. The summed E-state index contributed by atoms with van der Waals surface area (Å²) in [7, 11) is 1.77. The van der Waals surface area contributed by atoms with E-state index >= 15 is 0 Å². The molecule has 2 N–H and O–H groups in total. The van der Waals surface area contributed by atoms with E-state index in [9.17, 15) is 0 Å². The molecule has 1 saturated heterocycles. The van der Waals surface area contributed by atoms with Gasteiger partial charge in [0.2, 0.25) is 0 Å². The highest BCUT2D eigenvalue weighted by Gasteiger charge is 2.15. The van der Waals surface area contributed by atoms with Gasteiger partial charge in [0.1, 0.15) is 11.9 Å². The van der Waals surface area contributed by atoms with Crippen molar-refractivity contribution in [1.82, 2.24) is 10.6 Å². The molecule has 6 heteroatoms. The van der Waals surface area contributed by atoms with Gasteiger partial charge in [0.25, 0.3) is 0 Å². The van der Waals surface area contributed by atoms with Crippen molar-refractivity contribution in [3.63, 3.8) is 0 Å². The molecule has 1 aromatic carbocycles. The molecule has 2 rings (SSSR count). The third-order valence-electron chi connectivity index (χ3n) is 3.72. The van der Waals surface area contributed by atoms with E-state index in [1.807, 2.05) is 37.3 Å². The Hall–Kier alpha value is -1.79. The van der Waals surface area contributed by atoms with Crippen LogP contribution in [0.2, 0.25) is 0 Å². The molecule has 2 atom stereocenters. The van der Waals surface area contributed by atoms with Crippen LogP contribution < -0.4 is 15.4 Å². The Morgan fingerprint density at radius 3 is 2.88 bits per heavy atom. The van der Waals surface area contributed by atoms with Crippen molar-refractivity contribution >= 4 is 5.96 Å². The minimum atomic E-state index is 0.0525. The SMILES string of the molecule is CN=C(NCCCOC1CCOC1)NCC(C)Oc1ccccc1. The van der Waals surface area contributed by atoms with Gasteiger partial charge in [-0.2, -0.15) is 0 Å². The smallest absolute Gasteiger partial charge is 0.191 e. The summed E-state index contributed by atoms with van der Waals surface area (Å²) in [5.74, 6) is 1.66. The predicted molar refractivity (Wildman–Crippen MR) is 95.7 cm³/mol. The van der Waals surface area contributed by atoms with Gasteiger partial charge in [0.15, 0.2) is 5.96 Å². The van der Waals surface area contributed by atoms with Crippen molar-refractivity contribution in [1.29, 1.82) is 0 Å². The van der Waals surface area contributed by atoms with Gasteiger partial charge >= 0.3 is 0 Å². The summed E-state index contributed by atoms with van der Waals surface area (Å²) in [5.41, 5.74) is 0. The molecule has 24 heavy (non-hydrogen) atoms. The molecule has 0 aromatic heterocycles. The fourth-order valence-corrected chi connectivity index (χ4v) is 2.41. The van der Waals surface area contributed by atoms with Crippen molar-refractivity contribution in [2.75, 3.05) is 40.0 Å². The number of aliphatic imine (C=N–C) groups is 1. The van der Waals surface area contributed by atoms with E-state index in [0.717, 1.165) is 50.9 Å². The Morgan fingerprint density at radius 2 is 2.17 bits per heavy atom. The van der Waals surface area contributed by atoms with Crippen LogP contribution in [0.4, 0.5) is 0 Å². The lowest BCUT2D eigenvalue weighted by Gasteiger charge is -2.18. The molecule has 1 aliphatic rings. The molecule has 0 saturated carbocycles. The Balaban J connectivity index is 1.54. The first-order valence-electron chi connectivity index (χ1n) is 8.63. The number of hydrogen-bond acceptors (Lipinski definition) is 4. The Morgan fingerprint density at radius 1 is 1.33 bits per heavy atom. The molecule has 134 valence electrons. The van der Waals surface area contributed by atoms with Crippen molar-refractivity contribution in [3.8, 4) is 5.75 Å². The zero-order valence-corrected chi connectivity index (χ0v) is 14.7. The second-order valence-corrected chi connectivity index (χ2v) is 5.83. The molecular formula is C18H29N3O3. The van der Waals surface area contributed by atoms with Crippen molar-refractivity contribution in [2.24, 2.45) is 4.99 Å². The second kappa shape index (κ2) is 10.9.